The average Bonchev–Trinajstić information content (AvgIpc) is 2.50. The smallest absolute Gasteiger partial charge is 0.305 e. The third kappa shape index (κ3) is 8.03. The molecule has 0 bridgehead atoms. The van der Waals surface area contributed by atoms with E-state index in [0.717, 1.165) is 0 Å². The second kappa shape index (κ2) is 9.42. The molecule has 1 rings (SSSR count). The van der Waals surface area contributed by atoms with Crippen LogP contribution in [0.5, 0.6) is 0 Å². The van der Waals surface area contributed by atoms with E-state index in [0.29, 0.717) is 23.6 Å². The van der Waals surface area contributed by atoms with E-state index >= 15 is 0 Å². The van der Waals surface area contributed by atoms with E-state index in [2.05, 4.69) is 10.6 Å². The molecule has 1 atom stereocenters. The predicted octanol–water partition coefficient (Wildman–Crippen LogP) is 2.91. The molecular formula is C18H25ClN2O4. The normalized spacial score (nSPS) is 12.3. The highest BCUT2D eigenvalue weighted by Crippen LogP contribution is 2.20. The number of carboxylic acid groups (broad SMARTS) is 1. The molecule has 7 heteroatoms. The summed E-state index contributed by atoms with van der Waals surface area (Å²) in [6, 6.07) is 6.07. The largest absolute Gasteiger partial charge is 0.481 e. The van der Waals surface area contributed by atoms with Crippen molar-refractivity contribution in [3.63, 3.8) is 0 Å². The number of carbonyl (C=O) groups excluding carboxylic acids is 2. The number of halogens is 1. The summed E-state index contributed by atoms with van der Waals surface area (Å²) in [6.07, 6.45) is 0.469. The maximum absolute atomic E-state index is 12.1. The lowest BCUT2D eigenvalue weighted by Crippen LogP contribution is -2.36. The van der Waals surface area contributed by atoms with Crippen molar-refractivity contribution in [3.05, 3.63) is 34.9 Å². The Bertz CT molecular complexity index is 608. The zero-order valence-corrected chi connectivity index (χ0v) is 15.5. The molecule has 0 heterocycles. The fourth-order valence-electron chi connectivity index (χ4n) is 2.10. The summed E-state index contributed by atoms with van der Waals surface area (Å²) in [5.41, 5.74) is 0.213. The van der Waals surface area contributed by atoms with Gasteiger partial charge in [-0.2, -0.15) is 0 Å². The number of hydrogen-bond donors (Lipinski definition) is 3. The number of rotatable bonds is 8. The molecule has 25 heavy (non-hydrogen) atoms. The summed E-state index contributed by atoms with van der Waals surface area (Å²) in [7, 11) is 0. The Balaban J connectivity index is 2.51. The van der Waals surface area contributed by atoms with Gasteiger partial charge in [-0.15, -0.1) is 0 Å². The zero-order valence-electron chi connectivity index (χ0n) is 14.8. The predicted molar refractivity (Wildman–Crippen MR) is 96.3 cm³/mol. The number of amides is 2. The topological polar surface area (TPSA) is 95.5 Å². The number of nitrogens with one attached hydrogen (secondary N) is 2. The molecule has 3 N–H and O–H groups in total. The lowest BCUT2D eigenvalue weighted by atomic mass is 9.96. The van der Waals surface area contributed by atoms with E-state index in [4.69, 9.17) is 16.7 Å². The lowest BCUT2D eigenvalue weighted by Gasteiger charge is -2.19. The fraction of sp³-hybridized carbons (Fsp3) is 0.500. The summed E-state index contributed by atoms with van der Waals surface area (Å²) in [6.45, 7) is 5.85. The van der Waals surface area contributed by atoms with Gasteiger partial charge in [0, 0.05) is 23.4 Å². The molecule has 0 aromatic heterocycles. The van der Waals surface area contributed by atoms with Gasteiger partial charge in [-0.05, 0) is 24.1 Å². The molecular weight excluding hydrogens is 344 g/mol. The first-order valence-corrected chi connectivity index (χ1v) is 8.52. The molecule has 138 valence electrons. The minimum absolute atomic E-state index is 0.0715. The van der Waals surface area contributed by atoms with Gasteiger partial charge in [-0.25, -0.2) is 0 Å². The minimum atomic E-state index is -1.00. The van der Waals surface area contributed by atoms with Crippen molar-refractivity contribution in [2.75, 3.05) is 6.54 Å². The summed E-state index contributed by atoms with van der Waals surface area (Å²) in [5.74, 6) is -1.33. The standard InChI is InChI=1S/C18H25ClN2O4/c1-18(2,3)17(25)20-10-4-5-15(22)21-14(11-16(23)24)12-6-8-13(19)9-7-12/h6-9,14H,4-5,10-11H2,1-3H3,(H,20,25)(H,21,22)(H,23,24)/t14-/m0/s1. The van der Waals surface area contributed by atoms with Gasteiger partial charge in [0.15, 0.2) is 0 Å². The maximum Gasteiger partial charge on any atom is 0.305 e. The number of hydrogen-bond acceptors (Lipinski definition) is 3. The number of carboxylic acids is 1. The molecule has 0 aliphatic rings. The summed E-state index contributed by atoms with van der Waals surface area (Å²) < 4.78 is 0. The van der Waals surface area contributed by atoms with Crippen LogP contribution in [0, 0.1) is 5.41 Å². The van der Waals surface area contributed by atoms with Crippen molar-refractivity contribution in [1.29, 1.82) is 0 Å². The molecule has 0 aliphatic heterocycles. The van der Waals surface area contributed by atoms with E-state index in [1.165, 1.54) is 0 Å². The highest BCUT2D eigenvalue weighted by Gasteiger charge is 2.21. The minimum Gasteiger partial charge on any atom is -0.481 e. The van der Waals surface area contributed by atoms with Crippen LogP contribution in [0.15, 0.2) is 24.3 Å². The third-order valence-electron chi connectivity index (χ3n) is 3.53. The monoisotopic (exact) mass is 368 g/mol. The van der Waals surface area contributed by atoms with Gasteiger partial charge in [0.05, 0.1) is 12.5 Å². The Morgan fingerprint density at radius 2 is 1.76 bits per heavy atom. The molecule has 0 unspecified atom stereocenters. The van der Waals surface area contributed by atoms with Crippen LogP contribution >= 0.6 is 11.6 Å². The summed E-state index contributed by atoms with van der Waals surface area (Å²) >= 11 is 5.83. The van der Waals surface area contributed by atoms with E-state index in [9.17, 15) is 14.4 Å². The summed E-state index contributed by atoms with van der Waals surface area (Å²) in [4.78, 5) is 34.8. The Labute approximate surface area is 152 Å². The van der Waals surface area contributed by atoms with Crippen molar-refractivity contribution in [2.24, 2.45) is 5.41 Å². The van der Waals surface area contributed by atoms with Crippen LogP contribution in [0.25, 0.3) is 0 Å². The lowest BCUT2D eigenvalue weighted by molar-refractivity contribution is -0.138. The fourth-order valence-corrected chi connectivity index (χ4v) is 2.23. The first kappa shape index (κ1) is 21.0. The van der Waals surface area contributed by atoms with Crippen molar-refractivity contribution in [2.45, 2.75) is 46.1 Å². The molecule has 0 spiro atoms. The van der Waals surface area contributed by atoms with E-state index in [1.54, 1.807) is 24.3 Å². The molecule has 0 saturated heterocycles. The van der Waals surface area contributed by atoms with E-state index in [-0.39, 0.29) is 24.7 Å². The Kier molecular flexibility index (Phi) is 7.90. The average molecular weight is 369 g/mol. The van der Waals surface area contributed by atoms with Gasteiger partial charge < -0.3 is 15.7 Å². The molecule has 0 aliphatic carbocycles. The first-order valence-electron chi connectivity index (χ1n) is 8.14. The van der Waals surface area contributed by atoms with Crippen LogP contribution in [-0.4, -0.2) is 29.4 Å². The van der Waals surface area contributed by atoms with Gasteiger partial charge in [0.25, 0.3) is 0 Å². The van der Waals surface area contributed by atoms with Gasteiger partial charge in [-0.1, -0.05) is 44.5 Å². The second-order valence-corrected chi connectivity index (χ2v) is 7.32. The van der Waals surface area contributed by atoms with Crippen LogP contribution in [0.4, 0.5) is 0 Å². The second-order valence-electron chi connectivity index (χ2n) is 6.88. The Morgan fingerprint density at radius 3 is 2.28 bits per heavy atom. The summed E-state index contributed by atoms with van der Waals surface area (Å²) in [5, 5.41) is 15.1. The van der Waals surface area contributed by atoms with Gasteiger partial charge in [-0.3, -0.25) is 14.4 Å². The Morgan fingerprint density at radius 1 is 1.16 bits per heavy atom. The number of benzene rings is 1. The SMILES string of the molecule is CC(C)(C)C(=O)NCCCC(=O)N[C@@H](CC(=O)O)c1ccc(Cl)cc1. The molecule has 0 radical (unpaired) electrons. The highest BCUT2D eigenvalue weighted by atomic mass is 35.5. The van der Waals surface area contributed by atoms with E-state index in [1.807, 2.05) is 20.8 Å². The molecule has 6 nitrogen and oxygen atoms in total. The maximum atomic E-state index is 12.1. The molecule has 0 saturated carbocycles. The van der Waals surface area contributed by atoms with Crippen LogP contribution in [0.3, 0.4) is 0 Å². The van der Waals surface area contributed by atoms with Gasteiger partial charge >= 0.3 is 5.97 Å². The molecule has 1 aromatic rings. The Hall–Kier alpha value is -2.08. The molecule has 0 fully saturated rings. The van der Waals surface area contributed by atoms with Crippen molar-refractivity contribution >= 4 is 29.4 Å². The van der Waals surface area contributed by atoms with Crippen molar-refractivity contribution < 1.29 is 19.5 Å². The molecule has 2 amide bonds. The van der Waals surface area contributed by atoms with Crippen LogP contribution in [0.1, 0.15) is 51.6 Å². The zero-order chi connectivity index (χ0) is 19.0. The van der Waals surface area contributed by atoms with Gasteiger partial charge in [0.1, 0.15) is 0 Å². The number of carbonyl (C=O) groups is 3. The quantitative estimate of drug-likeness (QED) is 0.615. The number of aliphatic carboxylic acids is 1. The van der Waals surface area contributed by atoms with Crippen LogP contribution < -0.4 is 10.6 Å². The molecule has 1 aromatic carbocycles. The van der Waals surface area contributed by atoms with Crippen LogP contribution in [0.2, 0.25) is 5.02 Å². The van der Waals surface area contributed by atoms with E-state index < -0.39 is 17.4 Å². The highest BCUT2D eigenvalue weighted by molar-refractivity contribution is 6.30. The third-order valence-corrected chi connectivity index (χ3v) is 3.79. The van der Waals surface area contributed by atoms with Crippen molar-refractivity contribution in [3.8, 4) is 0 Å². The van der Waals surface area contributed by atoms with Crippen molar-refractivity contribution in [1.82, 2.24) is 10.6 Å². The first-order chi connectivity index (χ1) is 11.6. The van der Waals surface area contributed by atoms with Crippen LogP contribution in [-0.2, 0) is 14.4 Å². The van der Waals surface area contributed by atoms with Gasteiger partial charge in [0.2, 0.25) is 11.8 Å².